The predicted octanol–water partition coefficient (Wildman–Crippen LogP) is 2.06. The molecule has 0 bridgehead atoms. The van der Waals surface area contributed by atoms with Gasteiger partial charge in [-0.2, -0.15) is 18.2 Å². The molecule has 0 aromatic carbocycles. The van der Waals surface area contributed by atoms with Crippen LogP contribution in [0.15, 0.2) is 50.9 Å². The van der Waals surface area contributed by atoms with E-state index >= 15 is 0 Å². The van der Waals surface area contributed by atoms with Crippen LogP contribution < -0.4 is 16.6 Å². The standard InChI is InChI=1S/C24H20F3N9O4/c1-12-7-14(8-28-20(12)24(25,26)27)15-5-4-6-16(31-15)32-17(37)9-35-11-29-21-19(35)22(38)36(23(39)34(21)3)10-18-30-13(2)33-40-18/h4-8,11H,9-10H2,1-3H3,(H,31,32,37). The fourth-order valence-corrected chi connectivity index (χ4v) is 4.13. The van der Waals surface area contributed by atoms with Crippen LogP contribution >= 0.6 is 0 Å². The summed E-state index contributed by atoms with van der Waals surface area (Å²) in [7, 11) is 1.43. The maximum absolute atomic E-state index is 13.2. The molecule has 0 saturated carbocycles. The van der Waals surface area contributed by atoms with E-state index in [2.05, 4.69) is 30.4 Å². The molecule has 5 rings (SSSR count). The zero-order valence-electron chi connectivity index (χ0n) is 21.2. The highest BCUT2D eigenvalue weighted by Gasteiger charge is 2.34. The summed E-state index contributed by atoms with van der Waals surface area (Å²) in [5.74, 6) is -0.0478. The van der Waals surface area contributed by atoms with Crippen molar-refractivity contribution in [2.75, 3.05) is 5.32 Å². The predicted molar refractivity (Wildman–Crippen MR) is 133 cm³/mol. The number of halogens is 3. The number of carbonyl (C=O) groups is 1. The van der Waals surface area contributed by atoms with Gasteiger partial charge in [0, 0.05) is 18.8 Å². The van der Waals surface area contributed by atoms with Gasteiger partial charge in [0.25, 0.3) is 5.56 Å². The second-order valence-corrected chi connectivity index (χ2v) is 8.86. The van der Waals surface area contributed by atoms with Crippen LogP contribution in [0.3, 0.4) is 0 Å². The van der Waals surface area contributed by atoms with Crippen molar-refractivity contribution in [3.8, 4) is 11.3 Å². The lowest BCUT2D eigenvalue weighted by molar-refractivity contribution is -0.141. The Kier molecular flexibility index (Phi) is 6.53. The lowest BCUT2D eigenvalue weighted by Gasteiger charge is -2.11. The van der Waals surface area contributed by atoms with Gasteiger partial charge in [-0.15, -0.1) is 0 Å². The highest BCUT2D eigenvalue weighted by Crippen LogP contribution is 2.31. The Morgan fingerprint density at radius 2 is 1.90 bits per heavy atom. The number of fused-ring (bicyclic) bond motifs is 1. The number of rotatable bonds is 6. The van der Waals surface area contributed by atoms with Crippen LogP contribution in [0, 0.1) is 13.8 Å². The van der Waals surface area contributed by atoms with Crippen LogP contribution in [-0.4, -0.2) is 44.7 Å². The van der Waals surface area contributed by atoms with E-state index in [0.29, 0.717) is 17.1 Å². The highest BCUT2D eigenvalue weighted by molar-refractivity contribution is 5.90. The number of nitrogens with zero attached hydrogens (tertiary/aromatic N) is 8. The third-order valence-corrected chi connectivity index (χ3v) is 5.94. The van der Waals surface area contributed by atoms with Gasteiger partial charge in [-0.25, -0.2) is 19.3 Å². The second-order valence-electron chi connectivity index (χ2n) is 8.86. The van der Waals surface area contributed by atoms with Crippen molar-refractivity contribution in [3.63, 3.8) is 0 Å². The summed E-state index contributed by atoms with van der Waals surface area (Å²) in [5.41, 5.74) is -1.71. The average molecular weight is 555 g/mol. The summed E-state index contributed by atoms with van der Waals surface area (Å²) in [4.78, 5) is 54.8. The monoisotopic (exact) mass is 555 g/mol. The van der Waals surface area contributed by atoms with Crippen LogP contribution in [0.2, 0.25) is 0 Å². The van der Waals surface area contributed by atoms with E-state index in [1.165, 1.54) is 41.6 Å². The van der Waals surface area contributed by atoms with Gasteiger partial charge >= 0.3 is 11.9 Å². The van der Waals surface area contributed by atoms with Gasteiger partial charge in [-0.05, 0) is 37.6 Å². The number of aryl methyl sites for hydroxylation is 3. The van der Waals surface area contributed by atoms with E-state index in [1.54, 1.807) is 19.1 Å². The summed E-state index contributed by atoms with van der Waals surface area (Å²) in [6.45, 7) is 2.27. The molecule has 0 atom stereocenters. The van der Waals surface area contributed by atoms with E-state index in [4.69, 9.17) is 4.52 Å². The van der Waals surface area contributed by atoms with E-state index in [0.717, 1.165) is 10.8 Å². The van der Waals surface area contributed by atoms with Gasteiger partial charge in [0.2, 0.25) is 11.8 Å². The molecular formula is C24H20F3N9O4. The van der Waals surface area contributed by atoms with Crippen molar-refractivity contribution in [3.05, 3.63) is 80.6 Å². The maximum atomic E-state index is 13.2. The van der Waals surface area contributed by atoms with Crippen molar-refractivity contribution in [2.24, 2.45) is 7.05 Å². The Bertz CT molecular complexity index is 1890. The molecular weight excluding hydrogens is 535 g/mol. The quantitative estimate of drug-likeness (QED) is 0.331. The number of aromatic nitrogens is 8. The zero-order chi connectivity index (χ0) is 28.8. The molecule has 0 aliphatic heterocycles. The first-order chi connectivity index (χ1) is 18.9. The van der Waals surface area contributed by atoms with E-state index < -0.39 is 29.0 Å². The number of anilines is 1. The van der Waals surface area contributed by atoms with Crippen LogP contribution in [0.1, 0.15) is 23.0 Å². The minimum Gasteiger partial charge on any atom is -0.337 e. The van der Waals surface area contributed by atoms with Crippen LogP contribution in [0.25, 0.3) is 22.4 Å². The number of nitrogens with one attached hydrogen (secondary N) is 1. The SMILES string of the molecule is Cc1noc(Cn2c(=O)c3c(ncn3CC(=O)Nc3cccc(-c4cnc(C(F)(F)F)c(C)c4)n3)n(C)c2=O)n1. The topological polar surface area (TPSA) is 156 Å². The van der Waals surface area contributed by atoms with Crippen LogP contribution in [0.5, 0.6) is 0 Å². The van der Waals surface area contributed by atoms with Gasteiger partial charge in [0.15, 0.2) is 17.0 Å². The lowest BCUT2D eigenvalue weighted by atomic mass is 10.1. The highest BCUT2D eigenvalue weighted by atomic mass is 19.4. The third-order valence-electron chi connectivity index (χ3n) is 5.94. The number of hydrogen-bond acceptors (Lipinski definition) is 9. The van der Waals surface area contributed by atoms with E-state index in [-0.39, 0.29) is 41.5 Å². The molecule has 0 aliphatic carbocycles. The molecule has 0 saturated heterocycles. The lowest BCUT2D eigenvalue weighted by Crippen LogP contribution is -2.40. The first kappa shape index (κ1) is 26.5. The molecule has 0 radical (unpaired) electrons. The Balaban J connectivity index is 1.40. The fraction of sp³-hybridized carbons (Fsp3) is 0.250. The number of carbonyl (C=O) groups excluding carboxylic acids is 1. The number of pyridine rings is 2. The van der Waals surface area contributed by atoms with Gasteiger partial charge in [0.05, 0.1) is 12.0 Å². The smallest absolute Gasteiger partial charge is 0.337 e. The molecule has 0 spiro atoms. The van der Waals surface area contributed by atoms with Crippen molar-refractivity contribution >= 4 is 22.9 Å². The minimum atomic E-state index is -4.58. The molecule has 206 valence electrons. The number of amides is 1. The Hall–Kier alpha value is -5.15. The summed E-state index contributed by atoms with van der Waals surface area (Å²) in [6.07, 6.45) is -2.26. The molecule has 0 unspecified atom stereocenters. The molecule has 0 aliphatic rings. The molecule has 0 fully saturated rings. The Morgan fingerprint density at radius 3 is 2.58 bits per heavy atom. The summed E-state index contributed by atoms with van der Waals surface area (Å²) >= 11 is 0. The molecule has 5 heterocycles. The van der Waals surface area contributed by atoms with Crippen LogP contribution in [0.4, 0.5) is 19.0 Å². The normalized spacial score (nSPS) is 11.8. The number of alkyl halides is 3. The summed E-state index contributed by atoms with van der Waals surface area (Å²) in [6, 6.07) is 5.95. The van der Waals surface area contributed by atoms with Crippen molar-refractivity contribution in [1.29, 1.82) is 0 Å². The van der Waals surface area contributed by atoms with Gasteiger partial charge in [0.1, 0.15) is 24.6 Å². The van der Waals surface area contributed by atoms with Crippen LogP contribution in [-0.2, 0) is 31.1 Å². The van der Waals surface area contributed by atoms with Gasteiger partial charge < -0.3 is 14.4 Å². The van der Waals surface area contributed by atoms with Crippen molar-refractivity contribution in [1.82, 2.24) is 38.8 Å². The molecule has 1 N–H and O–H groups in total. The second kappa shape index (κ2) is 9.87. The van der Waals surface area contributed by atoms with E-state index in [1.807, 2.05) is 0 Å². The third kappa shape index (κ3) is 4.97. The first-order valence-electron chi connectivity index (χ1n) is 11.7. The van der Waals surface area contributed by atoms with Gasteiger partial charge in [-0.3, -0.25) is 19.1 Å². The first-order valence-corrected chi connectivity index (χ1v) is 11.7. The van der Waals surface area contributed by atoms with Crippen molar-refractivity contribution in [2.45, 2.75) is 33.1 Å². The van der Waals surface area contributed by atoms with Crippen molar-refractivity contribution < 1.29 is 22.5 Å². The Labute approximate surface area is 221 Å². The van der Waals surface area contributed by atoms with E-state index in [9.17, 15) is 27.6 Å². The molecule has 1 amide bonds. The Morgan fingerprint density at radius 1 is 1.12 bits per heavy atom. The molecule has 5 aromatic rings. The maximum Gasteiger partial charge on any atom is 0.433 e. The van der Waals surface area contributed by atoms with Gasteiger partial charge in [-0.1, -0.05) is 11.2 Å². The molecule has 13 nitrogen and oxygen atoms in total. The summed E-state index contributed by atoms with van der Waals surface area (Å²) in [5, 5.41) is 6.25. The average Bonchev–Trinajstić information content (AvgIpc) is 3.50. The molecule has 5 aromatic heterocycles. The molecule has 16 heteroatoms. The minimum absolute atomic E-state index is 0.00139. The fourth-order valence-electron chi connectivity index (χ4n) is 4.13. The summed E-state index contributed by atoms with van der Waals surface area (Å²) < 4.78 is 47.5. The zero-order valence-corrected chi connectivity index (χ0v) is 21.2. The molecule has 40 heavy (non-hydrogen) atoms. The number of imidazole rings is 1. The number of hydrogen-bond donors (Lipinski definition) is 1. The largest absolute Gasteiger partial charge is 0.433 e.